The van der Waals surface area contributed by atoms with Crippen molar-refractivity contribution in [1.82, 2.24) is 0 Å². The van der Waals surface area contributed by atoms with Crippen LogP contribution in [0.5, 0.6) is 0 Å². The maximum absolute atomic E-state index is 12.0. The molecular weight excluding hydrogens is 192 g/mol. The molecule has 2 aliphatic rings. The minimum Gasteiger partial charge on any atom is -0.481 e. The van der Waals surface area contributed by atoms with Gasteiger partial charge in [-0.05, 0) is 18.3 Å². The van der Waals surface area contributed by atoms with E-state index in [9.17, 15) is 9.59 Å². The van der Waals surface area contributed by atoms with Crippen LogP contribution in [0.1, 0.15) is 20.3 Å². The number of aliphatic carboxylic acids is 1. The van der Waals surface area contributed by atoms with Crippen LogP contribution < -0.4 is 0 Å². The summed E-state index contributed by atoms with van der Waals surface area (Å²) in [6.07, 6.45) is 4.84. The Balaban J connectivity index is 2.27. The molecule has 0 radical (unpaired) electrons. The zero-order valence-corrected chi connectivity index (χ0v) is 9.01. The van der Waals surface area contributed by atoms with Gasteiger partial charge >= 0.3 is 5.97 Å². The van der Waals surface area contributed by atoms with Crippen LogP contribution in [0.3, 0.4) is 0 Å². The summed E-state index contributed by atoms with van der Waals surface area (Å²) in [4.78, 5) is 23.1. The van der Waals surface area contributed by atoms with Crippen LogP contribution in [-0.4, -0.2) is 16.9 Å². The lowest BCUT2D eigenvalue weighted by Gasteiger charge is -2.24. The average molecular weight is 208 g/mol. The summed E-state index contributed by atoms with van der Waals surface area (Å²) in [6, 6.07) is 0. The lowest BCUT2D eigenvalue weighted by Crippen LogP contribution is -2.35. The molecule has 3 nitrogen and oxygen atoms in total. The summed E-state index contributed by atoms with van der Waals surface area (Å²) >= 11 is 0. The van der Waals surface area contributed by atoms with Crippen molar-refractivity contribution in [3.8, 4) is 0 Å². The Morgan fingerprint density at radius 2 is 1.73 bits per heavy atom. The second kappa shape index (κ2) is 3.47. The molecule has 0 aromatic rings. The molecule has 15 heavy (non-hydrogen) atoms. The van der Waals surface area contributed by atoms with Crippen molar-refractivity contribution in [3.05, 3.63) is 12.2 Å². The molecule has 1 N–H and O–H groups in total. The number of carbonyl (C=O) groups excluding carboxylic acids is 1. The fourth-order valence-corrected chi connectivity index (χ4v) is 2.93. The topological polar surface area (TPSA) is 54.4 Å². The van der Waals surface area contributed by atoms with E-state index in [0.29, 0.717) is 0 Å². The normalized spacial score (nSPS) is 37.5. The molecule has 0 amide bonds. The maximum Gasteiger partial charge on any atom is 0.307 e. The van der Waals surface area contributed by atoms with E-state index in [-0.39, 0.29) is 29.5 Å². The molecular formula is C12H16O3. The lowest BCUT2D eigenvalue weighted by atomic mass is 9.77. The van der Waals surface area contributed by atoms with Gasteiger partial charge in [0.05, 0.1) is 5.92 Å². The smallest absolute Gasteiger partial charge is 0.307 e. The zero-order chi connectivity index (χ0) is 11.2. The van der Waals surface area contributed by atoms with E-state index in [2.05, 4.69) is 0 Å². The van der Waals surface area contributed by atoms with Crippen molar-refractivity contribution in [3.63, 3.8) is 0 Å². The second-order valence-electron chi connectivity index (χ2n) is 4.90. The number of carboxylic acid groups (broad SMARTS) is 1. The van der Waals surface area contributed by atoms with Gasteiger partial charge in [0, 0.05) is 11.8 Å². The van der Waals surface area contributed by atoms with Gasteiger partial charge in [-0.25, -0.2) is 0 Å². The fourth-order valence-electron chi connectivity index (χ4n) is 2.93. The molecule has 4 atom stereocenters. The molecule has 82 valence electrons. The van der Waals surface area contributed by atoms with E-state index in [1.54, 1.807) is 0 Å². The Morgan fingerprint density at radius 3 is 2.20 bits per heavy atom. The number of carboxylic acids is 1. The maximum atomic E-state index is 12.0. The van der Waals surface area contributed by atoms with Crippen molar-refractivity contribution < 1.29 is 14.7 Å². The monoisotopic (exact) mass is 208 g/mol. The minimum absolute atomic E-state index is 0.0652. The largest absolute Gasteiger partial charge is 0.481 e. The van der Waals surface area contributed by atoms with Gasteiger partial charge in [-0.3, -0.25) is 9.59 Å². The number of allylic oxidation sites excluding steroid dienone is 2. The average Bonchev–Trinajstić information content (AvgIpc) is 2.74. The van der Waals surface area contributed by atoms with Crippen molar-refractivity contribution in [2.45, 2.75) is 20.3 Å². The summed E-state index contributed by atoms with van der Waals surface area (Å²) in [7, 11) is 0. The van der Waals surface area contributed by atoms with Crippen LogP contribution in [-0.2, 0) is 9.59 Å². The van der Waals surface area contributed by atoms with Crippen LogP contribution >= 0.6 is 0 Å². The minimum atomic E-state index is -0.814. The highest BCUT2D eigenvalue weighted by molar-refractivity contribution is 5.89. The highest BCUT2D eigenvalue weighted by Gasteiger charge is 2.51. The number of carbonyl (C=O) groups is 2. The summed E-state index contributed by atoms with van der Waals surface area (Å²) < 4.78 is 0. The summed E-state index contributed by atoms with van der Waals surface area (Å²) in [6.45, 7) is 3.69. The van der Waals surface area contributed by atoms with Gasteiger partial charge in [-0.15, -0.1) is 0 Å². The van der Waals surface area contributed by atoms with Gasteiger partial charge in [0.25, 0.3) is 0 Å². The summed E-state index contributed by atoms with van der Waals surface area (Å²) in [5, 5.41) is 9.15. The zero-order valence-electron chi connectivity index (χ0n) is 9.01. The summed E-state index contributed by atoms with van der Waals surface area (Å²) in [5.74, 6) is -1.27. The van der Waals surface area contributed by atoms with Crippen LogP contribution in [0.4, 0.5) is 0 Å². The molecule has 2 bridgehead atoms. The third-order valence-electron chi connectivity index (χ3n) is 3.64. The molecule has 2 unspecified atom stereocenters. The Labute approximate surface area is 89.2 Å². The predicted molar refractivity (Wildman–Crippen MR) is 55.2 cm³/mol. The third-order valence-corrected chi connectivity index (χ3v) is 3.64. The molecule has 0 aromatic heterocycles. The number of hydrogen-bond acceptors (Lipinski definition) is 2. The van der Waals surface area contributed by atoms with Crippen molar-refractivity contribution in [1.29, 1.82) is 0 Å². The predicted octanol–water partition coefficient (Wildman–Crippen LogP) is 1.73. The van der Waals surface area contributed by atoms with Gasteiger partial charge in [-0.2, -0.15) is 0 Å². The molecule has 2 rings (SSSR count). The first-order valence-corrected chi connectivity index (χ1v) is 5.47. The molecule has 1 fully saturated rings. The van der Waals surface area contributed by atoms with Gasteiger partial charge in [0.2, 0.25) is 0 Å². The Kier molecular flexibility index (Phi) is 2.41. The van der Waals surface area contributed by atoms with Crippen molar-refractivity contribution >= 4 is 11.8 Å². The van der Waals surface area contributed by atoms with Gasteiger partial charge in [-0.1, -0.05) is 26.0 Å². The Hall–Kier alpha value is -1.12. The molecule has 0 heterocycles. The highest BCUT2D eigenvalue weighted by atomic mass is 16.4. The van der Waals surface area contributed by atoms with Gasteiger partial charge in [0.1, 0.15) is 5.78 Å². The quantitative estimate of drug-likeness (QED) is 0.719. The van der Waals surface area contributed by atoms with Crippen LogP contribution in [0.25, 0.3) is 0 Å². The van der Waals surface area contributed by atoms with E-state index < -0.39 is 11.9 Å². The number of ketones is 1. The van der Waals surface area contributed by atoms with Gasteiger partial charge in [0.15, 0.2) is 0 Å². The molecule has 1 saturated carbocycles. The number of hydrogen-bond donors (Lipinski definition) is 1. The first-order valence-electron chi connectivity index (χ1n) is 5.47. The molecule has 2 aliphatic carbocycles. The van der Waals surface area contributed by atoms with E-state index in [4.69, 9.17) is 5.11 Å². The fraction of sp³-hybridized carbons (Fsp3) is 0.667. The third kappa shape index (κ3) is 1.50. The number of rotatable bonds is 3. The SMILES string of the molecule is CC(C)C(=O)[C@@H]1C2C=CC(C2)[C@@H]1C(=O)O. The van der Waals surface area contributed by atoms with E-state index in [1.165, 1.54) is 0 Å². The van der Waals surface area contributed by atoms with E-state index >= 15 is 0 Å². The number of Topliss-reactive ketones (excluding diaryl/α,β-unsaturated/α-hetero) is 1. The van der Waals surface area contributed by atoms with Crippen LogP contribution in [0, 0.1) is 29.6 Å². The lowest BCUT2D eigenvalue weighted by molar-refractivity contribution is -0.148. The van der Waals surface area contributed by atoms with Crippen molar-refractivity contribution in [2.75, 3.05) is 0 Å². The first-order chi connectivity index (χ1) is 7.02. The molecule has 0 spiro atoms. The molecule has 0 saturated heterocycles. The Bertz CT molecular complexity index is 330. The Morgan fingerprint density at radius 1 is 1.20 bits per heavy atom. The van der Waals surface area contributed by atoms with Crippen molar-refractivity contribution in [2.24, 2.45) is 29.6 Å². The number of fused-ring (bicyclic) bond motifs is 2. The highest BCUT2D eigenvalue weighted by Crippen LogP contribution is 2.49. The molecule has 3 heteroatoms. The van der Waals surface area contributed by atoms with E-state index in [1.807, 2.05) is 26.0 Å². The standard InChI is InChI=1S/C12H16O3/c1-6(2)11(13)9-7-3-4-8(5-7)10(9)12(14)15/h3-4,6-10H,5H2,1-2H3,(H,14,15)/t7?,8?,9-,10+/m1/s1. The molecule has 0 aliphatic heterocycles. The van der Waals surface area contributed by atoms with Crippen LogP contribution in [0.15, 0.2) is 12.2 Å². The van der Waals surface area contributed by atoms with E-state index in [0.717, 1.165) is 6.42 Å². The van der Waals surface area contributed by atoms with Gasteiger partial charge < -0.3 is 5.11 Å². The van der Waals surface area contributed by atoms with Crippen LogP contribution in [0.2, 0.25) is 0 Å². The second-order valence-corrected chi connectivity index (χ2v) is 4.90. The first kappa shape index (κ1) is 10.4. The summed E-state index contributed by atoms with van der Waals surface area (Å²) in [5.41, 5.74) is 0. The molecule has 0 aromatic carbocycles.